The number of carboxylic acids is 1. The highest BCUT2D eigenvalue weighted by molar-refractivity contribution is 8.00. The van der Waals surface area contributed by atoms with E-state index in [9.17, 15) is 9.59 Å². The highest BCUT2D eigenvalue weighted by Crippen LogP contribution is 2.28. The highest BCUT2D eigenvalue weighted by atomic mass is 32.2. The van der Waals surface area contributed by atoms with Gasteiger partial charge in [0.05, 0.1) is 12.5 Å². The van der Waals surface area contributed by atoms with Crippen molar-refractivity contribution < 1.29 is 19.4 Å². The van der Waals surface area contributed by atoms with E-state index in [0.717, 1.165) is 5.56 Å². The predicted octanol–water partition coefficient (Wildman–Crippen LogP) is 1.75. The summed E-state index contributed by atoms with van der Waals surface area (Å²) in [5, 5.41) is 11.8. The predicted molar refractivity (Wildman–Crippen MR) is 80.4 cm³/mol. The number of para-hydroxylation sites is 1. The van der Waals surface area contributed by atoms with Gasteiger partial charge in [0, 0.05) is 17.9 Å². The Bertz CT molecular complexity index is 537. The minimum atomic E-state index is -0.973. The Morgan fingerprint density at radius 1 is 1.48 bits per heavy atom. The third-order valence-electron chi connectivity index (χ3n) is 3.36. The molecule has 0 spiro atoms. The van der Waals surface area contributed by atoms with Gasteiger partial charge in [0.15, 0.2) is 0 Å². The molecular formula is C14H18N2O4S. The fourth-order valence-electron chi connectivity index (χ4n) is 2.25. The number of carboxylic acid groups (broad SMARTS) is 1. The molecule has 6 nitrogen and oxygen atoms in total. The van der Waals surface area contributed by atoms with Gasteiger partial charge in [-0.3, -0.25) is 4.90 Å². The van der Waals surface area contributed by atoms with E-state index in [2.05, 4.69) is 5.32 Å². The third kappa shape index (κ3) is 3.41. The zero-order chi connectivity index (χ0) is 15.4. The van der Waals surface area contributed by atoms with Crippen LogP contribution in [-0.2, 0) is 11.3 Å². The lowest BCUT2D eigenvalue weighted by Gasteiger charge is -2.25. The van der Waals surface area contributed by atoms with Crippen LogP contribution in [0.3, 0.4) is 0 Å². The lowest BCUT2D eigenvalue weighted by Crippen LogP contribution is -2.49. The second kappa shape index (κ2) is 6.71. The first-order chi connectivity index (χ1) is 10.0. The van der Waals surface area contributed by atoms with Gasteiger partial charge in [-0.1, -0.05) is 18.2 Å². The van der Waals surface area contributed by atoms with E-state index in [0.29, 0.717) is 18.0 Å². The van der Waals surface area contributed by atoms with Crippen LogP contribution in [0, 0.1) is 0 Å². The molecular weight excluding hydrogens is 292 g/mol. The Morgan fingerprint density at radius 2 is 2.19 bits per heavy atom. The number of thioether (sulfide) groups is 1. The SMILES string of the molecule is COc1ccccc1CNC(=O)N1C(C)SCC1C(=O)O. The van der Waals surface area contributed by atoms with Crippen LogP contribution < -0.4 is 10.1 Å². The standard InChI is InChI=1S/C14H18N2O4S/c1-9-16(11(8-21-9)13(17)18)14(19)15-7-10-5-3-4-6-12(10)20-2/h3-6,9,11H,7-8H2,1-2H3,(H,15,19)(H,17,18). The lowest BCUT2D eigenvalue weighted by molar-refractivity contribution is -0.141. The number of nitrogens with one attached hydrogen (secondary N) is 1. The first kappa shape index (κ1) is 15.5. The van der Waals surface area contributed by atoms with Crippen LogP contribution in [0.2, 0.25) is 0 Å². The Morgan fingerprint density at radius 3 is 2.86 bits per heavy atom. The van der Waals surface area contributed by atoms with Gasteiger partial charge in [-0.15, -0.1) is 11.8 Å². The Labute approximate surface area is 127 Å². The number of ether oxygens (including phenoxy) is 1. The van der Waals surface area contributed by atoms with Crippen LogP contribution >= 0.6 is 11.8 Å². The molecule has 114 valence electrons. The maximum absolute atomic E-state index is 12.2. The average Bonchev–Trinajstić information content (AvgIpc) is 2.87. The van der Waals surface area contributed by atoms with Crippen LogP contribution in [0.4, 0.5) is 4.79 Å². The molecule has 2 unspecified atom stereocenters. The molecule has 2 atom stereocenters. The van der Waals surface area contributed by atoms with Gasteiger partial charge < -0.3 is 15.2 Å². The number of rotatable bonds is 4. The molecule has 2 N–H and O–H groups in total. The molecule has 0 radical (unpaired) electrons. The van der Waals surface area contributed by atoms with Crippen molar-refractivity contribution in [3.8, 4) is 5.75 Å². The maximum Gasteiger partial charge on any atom is 0.327 e. The van der Waals surface area contributed by atoms with E-state index in [-0.39, 0.29) is 11.4 Å². The van der Waals surface area contributed by atoms with Crippen LogP contribution in [0.25, 0.3) is 0 Å². The average molecular weight is 310 g/mol. The Kier molecular flexibility index (Phi) is 4.95. The minimum Gasteiger partial charge on any atom is -0.496 e. The van der Waals surface area contributed by atoms with Crippen molar-refractivity contribution in [2.75, 3.05) is 12.9 Å². The number of methoxy groups -OCH3 is 1. The van der Waals surface area contributed by atoms with Crippen molar-refractivity contribution in [1.82, 2.24) is 10.2 Å². The molecule has 1 aromatic rings. The molecule has 0 aliphatic carbocycles. The number of aliphatic carboxylic acids is 1. The quantitative estimate of drug-likeness (QED) is 0.886. The van der Waals surface area contributed by atoms with Gasteiger partial charge in [-0.25, -0.2) is 9.59 Å². The molecule has 21 heavy (non-hydrogen) atoms. The number of urea groups is 1. The van der Waals surface area contributed by atoms with E-state index < -0.39 is 12.0 Å². The summed E-state index contributed by atoms with van der Waals surface area (Å²) in [6, 6.07) is 6.24. The van der Waals surface area contributed by atoms with Crippen LogP contribution in [0.5, 0.6) is 5.75 Å². The molecule has 2 amide bonds. The van der Waals surface area contributed by atoms with Crippen LogP contribution in [0.15, 0.2) is 24.3 Å². The molecule has 1 aromatic carbocycles. The topological polar surface area (TPSA) is 78.9 Å². The van der Waals surface area contributed by atoms with E-state index in [1.54, 1.807) is 7.11 Å². The van der Waals surface area contributed by atoms with E-state index in [1.807, 2.05) is 31.2 Å². The molecule has 0 saturated carbocycles. The summed E-state index contributed by atoms with van der Waals surface area (Å²) in [5.74, 6) is 0.134. The van der Waals surface area contributed by atoms with Crippen molar-refractivity contribution in [1.29, 1.82) is 0 Å². The first-order valence-electron chi connectivity index (χ1n) is 6.57. The summed E-state index contributed by atoms with van der Waals surface area (Å²) >= 11 is 1.46. The largest absolute Gasteiger partial charge is 0.496 e. The molecule has 7 heteroatoms. The van der Waals surface area contributed by atoms with Crippen LogP contribution in [-0.4, -0.2) is 46.3 Å². The first-order valence-corrected chi connectivity index (χ1v) is 7.62. The molecule has 2 rings (SSSR count). The van der Waals surface area contributed by atoms with Crippen molar-refractivity contribution in [2.24, 2.45) is 0 Å². The third-order valence-corrected chi connectivity index (χ3v) is 4.58. The molecule has 1 fully saturated rings. The van der Waals surface area contributed by atoms with Crippen molar-refractivity contribution in [3.05, 3.63) is 29.8 Å². The summed E-state index contributed by atoms with van der Waals surface area (Å²) in [5.41, 5.74) is 0.847. The molecule has 1 heterocycles. The number of carbonyl (C=O) groups is 2. The van der Waals surface area contributed by atoms with Crippen LogP contribution in [0.1, 0.15) is 12.5 Å². The summed E-state index contributed by atoms with van der Waals surface area (Å²) in [6.07, 6.45) is 0. The lowest BCUT2D eigenvalue weighted by atomic mass is 10.2. The summed E-state index contributed by atoms with van der Waals surface area (Å²) in [4.78, 5) is 24.8. The van der Waals surface area contributed by atoms with Crippen molar-refractivity contribution in [2.45, 2.75) is 24.9 Å². The molecule has 1 aliphatic heterocycles. The molecule has 0 aromatic heterocycles. The van der Waals surface area contributed by atoms with E-state index in [1.165, 1.54) is 16.7 Å². The summed E-state index contributed by atoms with van der Waals surface area (Å²) in [6.45, 7) is 2.12. The smallest absolute Gasteiger partial charge is 0.327 e. The second-order valence-corrected chi connectivity index (χ2v) is 6.01. The zero-order valence-corrected chi connectivity index (χ0v) is 12.7. The maximum atomic E-state index is 12.2. The highest BCUT2D eigenvalue weighted by Gasteiger charge is 2.39. The van der Waals surface area contributed by atoms with Gasteiger partial charge in [-0.2, -0.15) is 0 Å². The van der Waals surface area contributed by atoms with Gasteiger partial charge in [0.25, 0.3) is 0 Å². The van der Waals surface area contributed by atoms with Gasteiger partial charge in [0.1, 0.15) is 11.8 Å². The van der Waals surface area contributed by atoms with E-state index in [4.69, 9.17) is 9.84 Å². The number of benzene rings is 1. The van der Waals surface area contributed by atoms with Crippen molar-refractivity contribution >= 4 is 23.8 Å². The number of hydrogen-bond donors (Lipinski definition) is 2. The normalized spacial score (nSPS) is 21.1. The summed E-state index contributed by atoms with van der Waals surface area (Å²) < 4.78 is 5.22. The number of nitrogens with zero attached hydrogens (tertiary/aromatic N) is 1. The molecule has 0 bridgehead atoms. The van der Waals surface area contributed by atoms with Gasteiger partial charge >= 0.3 is 12.0 Å². The monoisotopic (exact) mass is 310 g/mol. The van der Waals surface area contributed by atoms with Gasteiger partial charge in [-0.05, 0) is 13.0 Å². The Balaban J connectivity index is 2.02. The van der Waals surface area contributed by atoms with Gasteiger partial charge in [0.2, 0.25) is 0 Å². The fraction of sp³-hybridized carbons (Fsp3) is 0.429. The number of hydrogen-bond acceptors (Lipinski definition) is 4. The fourth-order valence-corrected chi connectivity index (χ4v) is 3.42. The zero-order valence-electron chi connectivity index (χ0n) is 11.9. The number of amides is 2. The Hall–Kier alpha value is -1.89. The molecule has 1 aliphatic rings. The number of carbonyl (C=O) groups excluding carboxylic acids is 1. The molecule has 1 saturated heterocycles. The minimum absolute atomic E-state index is 0.149. The van der Waals surface area contributed by atoms with E-state index >= 15 is 0 Å². The second-order valence-electron chi connectivity index (χ2n) is 4.66. The summed E-state index contributed by atoms with van der Waals surface area (Å²) in [7, 11) is 1.57. The van der Waals surface area contributed by atoms with Crippen molar-refractivity contribution in [3.63, 3.8) is 0 Å².